The summed E-state index contributed by atoms with van der Waals surface area (Å²) in [7, 11) is 4.04. The zero-order valence-corrected chi connectivity index (χ0v) is 8.79. The highest BCUT2D eigenvalue weighted by molar-refractivity contribution is 4.77. The molecule has 1 rings (SSSR count). The Morgan fingerprint density at radius 2 is 1.79 bits per heavy atom. The first-order valence-electron chi connectivity index (χ1n) is 4.54. The monoisotopic (exact) mass is 197 g/mol. The molecule has 0 aromatic rings. The highest BCUT2D eigenvalue weighted by atomic mass is 16.5. The summed E-state index contributed by atoms with van der Waals surface area (Å²) in [6.45, 7) is 3.49. The van der Waals surface area contributed by atoms with Crippen LogP contribution in [0.15, 0.2) is 0 Å². The second kappa shape index (κ2) is 7.14. The third kappa shape index (κ3) is 5.36. The predicted molar refractivity (Wildman–Crippen MR) is 51.4 cm³/mol. The molecular weight excluding hydrogens is 180 g/mol. The van der Waals surface area contributed by atoms with Gasteiger partial charge in [0.25, 0.3) is 0 Å². The van der Waals surface area contributed by atoms with E-state index in [9.17, 15) is 0 Å². The third-order valence-electron chi connectivity index (χ3n) is 2.20. The molecule has 1 aliphatic rings. The first-order chi connectivity index (χ1) is 6.68. The van der Waals surface area contributed by atoms with Crippen LogP contribution in [0.4, 0.5) is 0 Å². The molecule has 0 unspecified atom stereocenters. The van der Waals surface area contributed by atoms with E-state index in [1.807, 2.05) is 0 Å². The molecule has 0 aliphatic carbocycles. The highest BCUT2D eigenvalue weighted by Gasteiger charge is 2.25. The SMILES string of the molecule is COC[N+]1(C)CCCC1.N#CNC#N. The maximum absolute atomic E-state index is 7.48. The van der Waals surface area contributed by atoms with Crippen molar-refractivity contribution in [1.82, 2.24) is 5.32 Å². The average molecular weight is 197 g/mol. The Labute approximate surface area is 85.1 Å². The number of nitriles is 2. The number of hydrogen-bond donors (Lipinski definition) is 1. The van der Waals surface area contributed by atoms with E-state index in [1.165, 1.54) is 38.3 Å². The van der Waals surface area contributed by atoms with Crippen LogP contribution in [0.5, 0.6) is 0 Å². The Balaban J connectivity index is 0.000000292. The van der Waals surface area contributed by atoms with Gasteiger partial charge in [0.2, 0.25) is 0 Å². The van der Waals surface area contributed by atoms with Crippen LogP contribution in [0.3, 0.4) is 0 Å². The minimum Gasteiger partial charge on any atom is -0.335 e. The summed E-state index contributed by atoms with van der Waals surface area (Å²) >= 11 is 0. The minimum atomic E-state index is 0.889. The Hall–Kier alpha value is -1.30. The van der Waals surface area contributed by atoms with E-state index in [4.69, 9.17) is 15.3 Å². The van der Waals surface area contributed by atoms with E-state index < -0.39 is 0 Å². The zero-order valence-electron chi connectivity index (χ0n) is 8.79. The predicted octanol–water partition coefficient (Wildman–Crippen LogP) is 0.369. The van der Waals surface area contributed by atoms with Crippen LogP contribution in [0.2, 0.25) is 0 Å². The van der Waals surface area contributed by atoms with Gasteiger partial charge in [-0.05, 0) is 0 Å². The van der Waals surface area contributed by atoms with E-state index in [0.717, 1.165) is 11.2 Å². The molecule has 1 saturated heterocycles. The lowest BCUT2D eigenvalue weighted by Gasteiger charge is -2.27. The van der Waals surface area contributed by atoms with Gasteiger partial charge in [0, 0.05) is 20.0 Å². The molecule has 1 heterocycles. The number of methoxy groups -OCH3 is 1. The van der Waals surface area contributed by atoms with Crippen molar-refractivity contribution in [2.24, 2.45) is 0 Å². The van der Waals surface area contributed by atoms with Crippen molar-refractivity contribution in [2.75, 3.05) is 34.0 Å². The van der Waals surface area contributed by atoms with E-state index in [1.54, 1.807) is 12.4 Å². The molecule has 0 amide bonds. The Morgan fingerprint density at radius 3 is 2.07 bits per heavy atom. The smallest absolute Gasteiger partial charge is 0.190 e. The molecule has 1 fully saturated rings. The summed E-state index contributed by atoms with van der Waals surface area (Å²) in [5, 5.41) is 16.7. The van der Waals surface area contributed by atoms with Gasteiger partial charge in [-0.25, -0.2) is 5.32 Å². The zero-order chi connectivity index (χ0) is 10.9. The fraction of sp³-hybridized carbons (Fsp3) is 0.778. The molecule has 0 radical (unpaired) electrons. The molecular formula is C9H17N4O+. The van der Waals surface area contributed by atoms with Crippen LogP contribution in [0.1, 0.15) is 12.8 Å². The summed E-state index contributed by atoms with van der Waals surface area (Å²) in [5.41, 5.74) is 0. The number of nitrogens with zero attached hydrogens (tertiary/aromatic N) is 3. The fourth-order valence-electron chi connectivity index (χ4n) is 1.56. The first kappa shape index (κ1) is 12.7. The van der Waals surface area contributed by atoms with E-state index in [2.05, 4.69) is 7.05 Å². The average Bonchev–Trinajstić information content (AvgIpc) is 2.55. The third-order valence-corrected chi connectivity index (χ3v) is 2.20. The lowest BCUT2D eigenvalue weighted by atomic mass is 10.4. The largest absolute Gasteiger partial charge is 0.335 e. The molecule has 0 spiro atoms. The van der Waals surface area contributed by atoms with Gasteiger partial charge >= 0.3 is 0 Å². The van der Waals surface area contributed by atoms with Crippen molar-refractivity contribution in [3.8, 4) is 12.4 Å². The molecule has 1 N–H and O–H groups in total. The molecule has 78 valence electrons. The van der Waals surface area contributed by atoms with Gasteiger partial charge in [0.15, 0.2) is 19.1 Å². The van der Waals surface area contributed by atoms with Crippen LogP contribution < -0.4 is 5.32 Å². The van der Waals surface area contributed by atoms with Crippen molar-refractivity contribution < 1.29 is 9.22 Å². The first-order valence-corrected chi connectivity index (χ1v) is 4.54. The van der Waals surface area contributed by atoms with Crippen LogP contribution >= 0.6 is 0 Å². The fourth-order valence-corrected chi connectivity index (χ4v) is 1.56. The highest BCUT2D eigenvalue weighted by Crippen LogP contribution is 2.14. The van der Waals surface area contributed by atoms with Gasteiger partial charge in [0.05, 0.1) is 20.1 Å². The van der Waals surface area contributed by atoms with Gasteiger partial charge in [-0.2, -0.15) is 10.5 Å². The number of quaternary nitrogens is 1. The van der Waals surface area contributed by atoms with Crippen LogP contribution in [0, 0.1) is 22.9 Å². The molecule has 5 heteroatoms. The van der Waals surface area contributed by atoms with Gasteiger partial charge in [0.1, 0.15) is 0 Å². The maximum atomic E-state index is 7.48. The number of hydrogen-bond acceptors (Lipinski definition) is 4. The summed E-state index contributed by atoms with van der Waals surface area (Å²) in [6, 6.07) is 0. The molecule has 5 nitrogen and oxygen atoms in total. The van der Waals surface area contributed by atoms with Crippen molar-refractivity contribution in [3.05, 3.63) is 0 Å². The maximum Gasteiger partial charge on any atom is 0.190 e. The Morgan fingerprint density at radius 1 is 1.29 bits per heavy atom. The van der Waals surface area contributed by atoms with Crippen LogP contribution in [-0.2, 0) is 4.74 Å². The van der Waals surface area contributed by atoms with E-state index >= 15 is 0 Å². The molecule has 1 aliphatic heterocycles. The normalized spacial score (nSPS) is 17.1. The van der Waals surface area contributed by atoms with E-state index in [-0.39, 0.29) is 0 Å². The Kier molecular flexibility index (Phi) is 6.47. The van der Waals surface area contributed by atoms with Gasteiger partial charge in [-0.3, -0.25) is 0 Å². The molecule has 0 aromatic heterocycles. The lowest BCUT2D eigenvalue weighted by molar-refractivity contribution is -0.916. The summed E-state index contributed by atoms with van der Waals surface area (Å²) < 4.78 is 6.22. The van der Waals surface area contributed by atoms with Crippen molar-refractivity contribution in [1.29, 1.82) is 10.5 Å². The second-order valence-corrected chi connectivity index (χ2v) is 3.54. The quantitative estimate of drug-likeness (QED) is 0.394. The number of likely N-dealkylation sites (tertiary alicyclic amines) is 1. The van der Waals surface area contributed by atoms with Gasteiger partial charge in [-0.15, -0.1) is 0 Å². The second-order valence-electron chi connectivity index (χ2n) is 3.54. The summed E-state index contributed by atoms with van der Waals surface area (Å²) in [6.07, 6.45) is 5.56. The van der Waals surface area contributed by atoms with Crippen molar-refractivity contribution >= 4 is 0 Å². The lowest BCUT2D eigenvalue weighted by Crippen LogP contribution is -2.42. The molecule has 0 bridgehead atoms. The van der Waals surface area contributed by atoms with Gasteiger partial charge in [-0.1, -0.05) is 0 Å². The number of ether oxygens (including phenoxy) is 1. The van der Waals surface area contributed by atoms with Gasteiger partial charge < -0.3 is 9.22 Å². The summed E-state index contributed by atoms with van der Waals surface area (Å²) in [4.78, 5) is 0. The van der Waals surface area contributed by atoms with Crippen molar-refractivity contribution in [2.45, 2.75) is 12.8 Å². The standard InChI is InChI=1S/C7H16NO.C2HN3/c1-8(7-9-2)5-3-4-6-8;3-1-5-2-4/h3-7H2,1-2H3;5H/q+1;. The minimum absolute atomic E-state index is 0.889. The van der Waals surface area contributed by atoms with Crippen LogP contribution in [0.25, 0.3) is 0 Å². The Bertz CT molecular complexity index is 210. The van der Waals surface area contributed by atoms with E-state index in [0.29, 0.717) is 0 Å². The number of nitrogens with one attached hydrogen (secondary N) is 1. The number of rotatable bonds is 2. The van der Waals surface area contributed by atoms with Crippen LogP contribution in [-0.4, -0.2) is 38.5 Å². The molecule has 0 atom stereocenters. The van der Waals surface area contributed by atoms with Crippen molar-refractivity contribution in [3.63, 3.8) is 0 Å². The molecule has 0 aromatic carbocycles. The molecule has 0 saturated carbocycles. The molecule has 14 heavy (non-hydrogen) atoms. The topological polar surface area (TPSA) is 68.8 Å². The summed E-state index contributed by atoms with van der Waals surface area (Å²) in [5.74, 6) is 0.